The second-order valence-electron chi connectivity index (χ2n) is 3.40. The van der Waals surface area contributed by atoms with Gasteiger partial charge in [-0.05, 0) is 25.1 Å². The number of carbonyl (C=O) groups excluding carboxylic acids is 2. The average Bonchev–Trinajstić information content (AvgIpc) is 2.37. The van der Waals surface area contributed by atoms with Gasteiger partial charge < -0.3 is 10.1 Å². The van der Waals surface area contributed by atoms with E-state index in [2.05, 4.69) is 5.32 Å². The summed E-state index contributed by atoms with van der Waals surface area (Å²) in [5.74, 6) is -0.543. The van der Waals surface area contributed by atoms with Crippen molar-refractivity contribution < 1.29 is 19.5 Å². The molecule has 0 aromatic heterocycles. The van der Waals surface area contributed by atoms with Gasteiger partial charge in [-0.15, -0.1) is 0 Å². The van der Waals surface area contributed by atoms with Gasteiger partial charge in [0.05, 0.1) is 7.11 Å². The highest BCUT2D eigenvalue weighted by atomic mass is 16.5. The van der Waals surface area contributed by atoms with Crippen LogP contribution in [0.25, 0.3) is 0 Å². The standard InChI is InChI=1S/C11H14N2O4/c1-7(10(14)13-16)12-11(15)8-4-3-5-9(6-8)17-2/h3-7,16H,1-2H3,(H,12,15)(H,13,14). The van der Waals surface area contributed by atoms with Gasteiger partial charge in [-0.25, -0.2) is 5.48 Å². The van der Waals surface area contributed by atoms with E-state index in [1.54, 1.807) is 24.3 Å². The van der Waals surface area contributed by atoms with Gasteiger partial charge in [-0.1, -0.05) is 6.07 Å². The largest absolute Gasteiger partial charge is 0.497 e. The van der Waals surface area contributed by atoms with E-state index in [0.717, 1.165) is 0 Å². The third-order valence-electron chi connectivity index (χ3n) is 2.18. The van der Waals surface area contributed by atoms with Crippen molar-refractivity contribution in [1.29, 1.82) is 0 Å². The first-order valence-corrected chi connectivity index (χ1v) is 4.97. The second kappa shape index (κ2) is 5.86. The number of ether oxygens (including phenoxy) is 1. The highest BCUT2D eigenvalue weighted by molar-refractivity contribution is 5.97. The van der Waals surface area contributed by atoms with Crippen LogP contribution in [-0.4, -0.2) is 30.2 Å². The molecule has 0 saturated heterocycles. The van der Waals surface area contributed by atoms with Gasteiger partial charge in [0.25, 0.3) is 11.8 Å². The lowest BCUT2D eigenvalue weighted by Crippen LogP contribution is -2.43. The Kier molecular flexibility index (Phi) is 4.47. The Bertz CT molecular complexity index is 420. The highest BCUT2D eigenvalue weighted by Crippen LogP contribution is 2.12. The Balaban J connectivity index is 2.72. The number of amides is 2. The van der Waals surface area contributed by atoms with Crippen molar-refractivity contribution in [2.24, 2.45) is 0 Å². The molecule has 1 aromatic rings. The summed E-state index contributed by atoms with van der Waals surface area (Å²) >= 11 is 0. The van der Waals surface area contributed by atoms with Gasteiger partial charge >= 0.3 is 0 Å². The highest BCUT2D eigenvalue weighted by Gasteiger charge is 2.15. The number of hydrogen-bond donors (Lipinski definition) is 3. The molecule has 3 N–H and O–H groups in total. The molecule has 1 rings (SSSR count). The Morgan fingerprint density at radius 3 is 2.71 bits per heavy atom. The van der Waals surface area contributed by atoms with Gasteiger partial charge in [0, 0.05) is 5.56 Å². The number of carbonyl (C=O) groups is 2. The summed E-state index contributed by atoms with van der Waals surface area (Å²) in [5, 5.41) is 10.8. The van der Waals surface area contributed by atoms with Gasteiger partial charge in [-0.3, -0.25) is 14.8 Å². The summed E-state index contributed by atoms with van der Waals surface area (Å²) in [7, 11) is 1.50. The van der Waals surface area contributed by atoms with Crippen molar-refractivity contribution in [1.82, 2.24) is 10.8 Å². The second-order valence-corrected chi connectivity index (χ2v) is 3.40. The van der Waals surface area contributed by atoms with E-state index in [-0.39, 0.29) is 0 Å². The van der Waals surface area contributed by atoms with Gasteiger partial charge in [-0.2, -0.15) is 0 Å². The zero-order chi connectivity index (χ0) is 12.8. The SMILES string of the molecule is COc1cccc(C(=O)NC(C)C(=O)NO)c1. The summed E-state index contributed by atoms with van der Waals surface area (Å²) < 4.78 is 4.98. The van der Waals surface area contributed by atoms with E-state index < -0.39 is 17.9 Å². The van der Waals surface area contributed by atoms with Crippen molar-refractivity contribution >= 4 is 11.8 Å². The molecule has 92 valence electrons. The number of hydrogen-bond acceptors (Lipinski definition) is 4. The lowest BCUT2D eigenvalue weighted by molar-refractivity contribution is -0.130. The molecule has 0 aliphatic heterocycles. The Labute approximate surface area is 98.5 Å². The molecule has 1 unspecified atom stereocenters. The zero-order valence-corrected chi connectivity index (χ0v) is 9.56. The molecular formula is C11H14N2O4. The average molecular weight is 238 g/mol. The maximum Gasteiger partial charge on any atom is 0.265 e. The van der Waals surface area contributed by atoms with Crippen molar-refractivity contribution in [3.63, 3.8) is 0 Å². The van der Waals surface area contributed by atoms with E-state index in [1.165, 1.54) is 19.5 Å². The first kappa shape index (κ1) is 13.0. The predicted molar refractivity (Wildman–Crippen MR) is 59.9 cm³/mol. The van der Waals surface area contributed by atoms with Crippen molar-refractivity contribution in [3.8, 4) is 5.75 Å². The molecule has 0 aliphatic carbocycles. The molecule has 0 fully saturated rings. The number of nitrogens with one attached hydrogen (secondary N) is 2. The molecule has 1 atom stereocenters. The monoisotopic (exact) mass is 238 g/mol. The van der Waals surface area contributed by atoms with Crippen LogP contribution in [0.3, 0.4) is 0 Å². The molecule has 17 heavy (non-hydrogen) atoms. The maximum absolute atomic E-state index is 11.7. The molecular weight excluding hydrogens is 224 g/mol. The minimum Gasteiger partial charge on any atom is -0.497 e. The van der Waals surface area contributed by atoms with Crippen LogP contribution in [0, 0.1) is 0 Å². The Morgan fingerprint density at radius 2 is 2.12 bits per heavy atom. The predicted octanol–water partition coefficient (Wildman–Crippen LogP) is 0.319. The lowest BCUT2D eigenvalue weighted by atomic mass is 10.2. The van der Waals surface area contributed by atoms with E-state index in [4.69, 9.17) is 9.94 Å². The smallest absolute Gasteiger partial charge is 0.265 e. The van der Waals surface area contributed by atoms with Crippen molar-refractivity contribution in [2.45, 2.75) is 13.0 Å². The fourth-order valence-electron chi connectivity index (χ4n) is 1.21. The summed E-state index contributed by atoms with van der Waals surface area (Å²) in [5.41, 5.74) is 1.84. The zero-order valence-electron chi connectivity index (χ0n) is 9.56. The Morgan fingerprint density at radius 1 is 1.41 bits per heavy atom. The number of hydroxylamine groups is 1. The normalized spacial score (nSPS) is 11.5. The molecule has 0 aliphatic rings. The van der Waals surface area contributed by atoms with Crippen LogP contribution in [0.15, 0.2) is 24.3 Å². The first-order valence-electron chi connectivity index (χ1n) is 4.97. The molecule has 6 nitrogen and oxygen atoms in total. The number of rotatable bonds is 4. The third kappa shape index (κ3) is 3.46. The van der Waals surface area contributed by atoms with E-state index in [9.17, 15) is 9.59 Å². The first-order chi connectivity index (χ1) is 8.08. The van der Waals surface area contributed by atoms with Gasteiger partial charge in [0.15, 0.2) is 0 Å². The molecule has 0 spiro atoms. The van der Waals surface area contributed by atoms with Crippen LogP contribution in [0.4, 0.5) is 0 Å². The molecule has 0 bridgehead atoms. The summed E-state index contributed by atoms with van der Waals surface area (Å²) in [4.78, 5) is 22.7. The van der Waals surface area contributed by atoms with Crippen molar-refractivity contribution in [2.75, 3.05) is 7.11 Å². The van der Waals surface area contributed by atoms with Crippen LogP contribution in [0.2, 0.25) is 0 Å². The fourth-order valence-corrected chi connectivity index (χ4v) is 1.21. The van der Waals surface area contributed by atoms with Crippen molar-refractivity contribution in [3.05, 3.63) is 29.8 Å². The minimum atomic E-state index is -0.821. The molecule has 0 saturated carbocycles. The van der Waals surface area contributed by atoms with Gasteiger partial charge in [0.2, 0.25) is 0 Å². The van der Waals surface area contributed by atoms with Gasteiger partial charge in [0.1, 0.15) is 11.8 Å². The summed E-state index contributed by atoms with van der Waals surface area (Å²) in [6, 6.07) is 5.71. The van der Waals surface area contributed by atoms with E-state index in [0.29, 0.717) is 11.3 Å². The van der Waals surface area contributed by atoms with E-state index in [1.807, 2.05) is 0 Å². The third-order valence-corrected chi connectivity index (χ3v) is 2.18. The number of methoxy groups -OCH3 is 1. The van der Waals surface area contributed by atoms with E-state index >= 15 is 0 Å². The summed E-state index contributed by atoms with van der Waals surface area (Å²) in [6.45, 7) is 1.46. The van der Waals surface area contributed by atoms with Crippen LogP contribution in [0.5, 0.6) is 5.75 Å². The van der Waals surface area contributed by atoms with Crippen LogP contribution in [0.1, 0.15) is 17.3 Å². The molecule has 0 radical (unpaired) electrons. The lowest BCUT2D eigenvalue weighted by Gasteiger charge is -2.11. The topological polar surface area (TPSA) is 87.7 Å². The quantitative estimate of drug-likeness (QED) is 0.520. The number of benzene rings is 1. The molecule has 1 aromatic carbocycles. The molecule has 6 heteroatoms. The molecule has 0 heterocycles. The van der Waals surface area contributed by atoms with Crippen LogP contribution in [-0.2, 0) is 4.79 Å². The van der Waals surface area contributed by atoms with Crippen LogP contribution >= 0.6 is 0 Å². The summed E-state index contributed by atoms with van der Waals surface area (Å²) in [6.07, 6.45) is 0. The molecule has 2 amide bonds. The fraction of sp³-hybridized carbons (Fsp3) is 0.273. The minimum absolute atomic E-state index is 0.377. The van der Waals surface area contributed by atoms with Crippen LogP contribution < -0.4 is 15.5 Å². The maximum atomic E-state index is 11.7. The Hall–Kier alpha value is -2.08.